The lowest BCUT2D eigenvalue weighted by Crippen LogP contribution is -1.97. The van der Waals surface area contributed by atoms with Gasteiger partial charge in [0, 0.05) is 24.8 Å². The van der Waals surface area contributed by atoms with Crippen LogP contribution in [0.4, 0.5) is 0 Å². The van der Waals surface area contributed by atoms with Crippen molar-refractivity contribution in [2.24, 2.45) is 7.05 Å². The molecule has 0 radical (unpaired) electrons. The third kappa shape index (κ3) is 2.91. The van der Waals surface area contributed by atoms with Gasteiger partial charge in [-0.15, -0.1) is 11.3 Å². The molecular weight excluding hydrogens is 346 g/mol. The van der Waals surface area contributed by atoms with Gasteiger partial charge in [-0.1, -0.05) is 6.07 Å². The molecule has 0 aliphatic rings. The Morgan fingerprint density at radius 1 is 1.15 bits per heavy atom. The fourth-order valence-electron chi connectivity index (χ4n) is 2.68. The number of benzene rings is 1. The highest BCUT2D eigenvalue weighted by atomic mass is 32.1. The molecule has 0 saturated carbocycles. The van der Waals surface area contributed by atoms with Gasteiger partial charge in [0.25, 0.3) is 0 Å². The zero-order valence-corrected chi connectivity index (χ0v) is 15.3. The summed E-state index contributed by atoms with van der Waals surface area (Å²) in [5.41, 5.74) is 2.25. The molecule has 0 aliphatic heterocycles. The molecule has 0 aliphatic carbocycles. The minimum absolute atomic E-state index is 0.628. The molecule has 0 fully saturated rings. The van der Waals surface area contributed by atoms with Crippen LogP contribution < -0.4 is 4.74 Å². The summed E-state index contributed by atoms with van der Waals surface area (Å²) in [6.07, 6.45) is 3.69. The number of nitrogens with zero attached hydrogens (tertiary/aromatic N) is 5. The standard InChI is InChI=1S/C19H15N5OS/c1-12-21-13-5-4-6-16(25-3)18(13)14(22-12)7-8-17-23-15(11-24(17)2)19-20-9-10-26-19/h4-6,9-11H,1-3H3. The minimum Gasteiger partial charge on any atom is -0.496 e. The molecule has 128 valence electrons. The van der Waals surface area contributed by atoms with E-state index >= 15 is 0 Å². The molecule has 7 heteroatoms. The van der Waals surface area contributed by atoms with Crippen molar-refractivity contribution in [2.45, 2.75) is 6.92 Å². The van der Waals surface area contributed by atoms with Crippen molar-refractivity contribution < 1.29 is 4.74 Å². The summed E-state index contributed by atoms with van der Waals surface area (Å²) in [4.78, 5) is 17.8. The number of imidazole rings is 1. The van der Waals surface area contributed by atoms with Gasteiger partial charge in [0.2, 0.25) is 0 Å². The highest BCUT2D eigenvalue weighted by molar-refractivity contribution is 7.13. The van der Waals surface area contributed by atoms with Gasteiger partial charge in [-0.05, 0) is 30.9 Å². The van der Waals surface area contributed by atoms with Crippen LogP contribution in [0.1, 0.15) is 17.3 Å². The zero-order chi connectivity index (χ0) is 18.1. The number of thiazole rings is 1. The number of rotatable bonds is 2. The molecule has 3 heterocycles. The van der Waals surface area contributed by atoms with Crippen molar-refractivity contribution in [3.8, 4) is 28.3 Å². The average molecular weight is 361 g/mol. The SMILES string of the molecule is COc1cccc2nc(C)nc(C#Cc3nc(-c4nccs4)cn3C)c12. The predicted octanol–water partition coefficient (Wildman–Crippen LogP) is 3.20. The predicted molar refractivity (Wildman–Crippen MR) is 101 cm³/mol. The van der Waals surface area contributed by atoms with E-state index < -0.39 is 0 Å². The fourth-order valence-corrected chi connectivity index (χ4v) is 3.27. The van der Waals surface area contributed by atoms with Crippen molar-refractivity contribution in [3.63, 3.8) is 0 Å². The van der Waals surface area contributed by atoms with Crippen LogP contribution in [0, 0.1) is 18.8 Å². The molecule has 0 N–H and O–H groups in total. The van der Waals surface area contributed by atoms with E-state index in [4.69, 9.17) is 4.74 Å². The molecule has 3 aromatic heterocycles. The first-order chi connectivity index (χ1) is 12.7. The van der Waals surface area contributed by atoms with Crippen molar-refractivity contribution in [1.82, 2.24) is 24.5 Å². The van der Waals surface area contributed by atoms with Gasteiger partial charge in [-0.25, -0.2) is 19.9 Å². The monoisotopic (exact) mass is 361 g/mol. The number of aromatic nitrogens is 5. The van der Waals surface area contributed by atoms with Gasteiger partial charge >= 0.3 is 0 Å². The minimum atomic E-state index is 0.628. The van der Waals surface area contributed by atoms with E-state index in [9.17, 15) is 0 Å². The smallest absolute Gasteiger partial charge is 0.186 e. The Balaban J connectivity index is 1.82. The third-order valence-corrected chi connectivity index (χ3v) is 4.63. The van der Waals surface area contributed by atoms with Crippen molar-refractivity contribution in [3.05, 3.63) is 53.3 Å². The zero-order valence-electron chi connectivity index (χ0n) is 14.5. The maximum Gasteiger partial charge on any atom is 0.186 e. The molecule has 0 bridgehead atoms. The molecule has 0 amide bonds. The molecule has 0 unspecified atom stereocenters. The molecular formula is C19H15N5OS. The van der Waals surface area contributed by atoms with Crippen LogP contribution in [0.2, 0.25) is 0 Å². The second-order valence-electron chi connectivity index (χ2n) is 5.62. The lowest BCUT2D eigenvalue weighted by molar-refractivity contribution is 0.419. The van der Waals surface area contributed by atoms with Crippen molar-refractivity contribution in [1.29, 1.82) is 0 Å². The quantitative estimate of drug-likeness (QED) is 0.513. The molecule has 6 nitrogen and oxygen atoms in total. The van der Waals surface area contributed by atoms with Crippen LogP contribution in [0.5, 0.6) is 5.75 Å². The van der Waals surface area contributed by atoms with Crippen LogP contribution in [-0.2, 0) is 7.05 Å². The van der Waals surface area contributed by atoms with Gasteiger partial charge in [-0.2, -0.15) is 0 Å². The average Bonchev–Trinajstić information content (AvgIpc) is 3.28. The summed E-state index contributed by atoms with van der Waals surface area (Å²) in [7, 11) is 3.54. The third-order valence-electron chi connectivity index (χ3n) is 3.84. The largest absolute Gasteiger partial charge is 0.496 e. The number of hydrogen-bond donors (Lipinski definition) is 0. The molecule has 4 aromatic rings. The van der Waals surface area contributed by atoms with Crippen LogP contribution in [0.3, 0.4) is 0 Å². The van der Waals surface area contributed by atoms with Gasteiger partial charge in [0.15, 0.2) is 5.82 Å². The number of aryl methyl sites for hydroxylation is 2. The maximum atomic E-state index is 5.46. The van der Waals surface area contributed by atoms with Crippen LogP contribution >= 0.6 is 11.3 Å². The van der Waals surface area contributed by atoms with E-state index in [1.165, 1.54) is 0 Å². The molecule has 0 atom stereocenters. The fraction of sp³-hybridized carbons (Fsp3) is 0.158. The maximum absolute atomic E-state index is 5.46. The Labute approximate surface area is 154 Å². The van der Waals surface area contributed by atoms with E-state index in [1.54, 1.807) is 24.6 Å². The van der Waals surface area contributed by atoms with Gasteiger partial charge in [0.05, 0.1) is 18.0 Å². The molecule has 26 heavy (non-hydrogen) atoms. The van der Waals surface area contributed by atoms with Crippen molar-refractivity contribution in [2.75, 3.05) is 7.11 Å². The van der Waals surface area contributed by atoms with E-state index in [-0.39, 0.29) is 0 Å². The Bertz CT molecular complexity index is 1150. The first kappa shape index (κ1) is 16.2. The summed E-state index contributed by atoms with van der Waals surface area (Å²) in [5.74, 6) is 8.27. The second kappa shape index (κ2) is 6.58. The highest BCUT2D eigenvalue weighted by Gasteiger charge is 2.10. The lowest BCUT2D eigenvalue weighted by atomic mass is 10.1. The number of ether oxygens (including phenoxy) is 1. The van der Waals surface area contributed by atoms with Crippen molar-refractivity contribution >= 4 is 22.2 Å². The first-order valence-corrected chi connectivity index (χ1v) is 8.80. The normalized spacial score (nSPS) is 10.6. The Morgan fingerprint density at radius 2 is 2.04 bits per heavy atom. The van der Waals surface area contributed by atoms with Crippen LogP contribution in [0.25, 0.3) is 21.6 Å². The summed E-state index contributed by atoms with van der Waals surface area (Å²) >= 11 is 1.55. The Morgan fingerprint density at radius 3 is 2.81 bits per heavy atom. The van der Waals surface area contributed by atoms with Gasteiger partial charge in [0.1, 0.15) is 28.0 Å². The molecule has 0 saturated heterocycles. The first-order valence-electron chi connectivity index (χ1n) is 7.92. The Kier molecular flexibility index (Phi) is 4.11. The summed E-state index contributed by atoms with van der Waals surface area (Å²) in [5, 5.41) is 3.61. The number of fused-ring (bicyclic) bond motifs is 1. The van der Waals surface area contributed by atoms with Gasteiger partial charge < -0.3 is 9.30 Å². The Hall–Kier alpha value is -3.24. The van der Waals surface area contributed by atoms with E-state index in [1.807, 2.05) is 48.3 Å². The lowest BCUT2D eigenvalue weighted by Gasteiger charge is -2.06. The van der Waals surface area contributed by atoms with Crippen LogP contribution in [-0.4, -0.2) is 31.6 Å². The van der Waals surface area contributed by atoms with Gasteiger partial charge in [-0.3, -0.25) is 0 Å². The highest BCUT2D eigenvalue weighted by Crippen LogP contribution is 2.26. The summed E-state index contributed by atoms with van der Waals surface area (Å²) < 4.78 is 7.35. The van der Waals surface area contributed by atoms with E-state index in [0.717, 1.165) is 21.6 Å². The number of hydrogen-bond acceptors (Lipinski definition) is 6. The molecule has 4 rings (SSSR count). The van der Waals surface area contributed by atoms with E-state index in [2.05, 4.69) is 31.8 Å². The summed E-state index contributed by atoms with van der Waals surface area (Å²) in [6, 6.07) is 5.72. The summed E-state index contributed by atoms with van der Waals surface area (Å²) in [6.45, 7) is 1.85. The topological polar surface area (TPSA) is 65.7 Å². The van der Waals surface area contributed by atoms with Crippen LogP contribution in [0.15, 0.2) is 36.0 Å². The molecule has 1 aromatic carbocycles. The van der Waals surface area contributed by atoms with E-state index in [0.29, 0.717) is 23.1 Å². The second-order valence-corrected chi connectivity index (χ2v) is 6.52. The number of methoxy groups -OCH3 is 1. The molecule has 0 spiro atoms.